The van der Waals surface area contributed by atoms with Crippen molar-refractivity contribution in [3.05, 3.63) is 39.9 Å². The van der Waals surface area contributed by atoms with Crippen LogP contribution in [0.3, 0.4) is 0 Å². The van der Waals surface area contributed by atoms with Crippen LogP contribution in [-0.2, 0) is 6.54 Å². The Morgan fingerprint density at radius 3 is 2.41 bits per heavy atom. The molecule has 0 aliphatic rings. The molecule has 3 aromatic rings. The fourth-order valence-corrected chi connectivity index (χ4v) is 3.82. The van der Waals surface area contributed by atoms with E-state index in [1.54, 1.807) is 14.2 Å². The molecule has 0 atom stereocenters. The number of ether oxygens (including phenoxy) is 2. The van der Waals surface area contributed by atoms with Crippen molar-refractivity contribution in [3.63, 3.8) is 0 Å². The molecular weight excluding hydrogens is 404 g/mol. The molecule has 1 heterocycles. The third-order valence-corrected chi connectivity index (χ3v) is 5.80. The largest absolute Gasteiger partial charge is 0.496 e. The molecule has 0 spiro atoms. The second kappa shape index (κ2) is 7.93. The van der Waals surface area contributed by atoms with Crippen molar-refractivity contribution < 1.29 is 9.47 Å². The molecule has 0 fully saturated rings. The van der Waals surface area contributed by atoms with Crippen molar-refractivity contribution in [2.24, 2.45) is 0 Å². The molecule has 0 unspecified atom stereocenters. The first-order chi connectivity index (χ1) is 12.9. The van der Waals surface area contributed by atoms with Gasteiger partial charge < -0.3 is 14.0 Å². The second-order valence-electron chi connectivity index (χ2n) is 7.08. The minimum absolute atomic E-state index is 0.445. The Kier molecular flexibility index (Phi) is 5.80. The number of hydrogen-bond donors (Lipinski definition) is 0. The Labute approximate surface area is 169 Å². The number of aryl methyl sites for hydroxylation is 2. The SMILES string of the molecule is CCCn1c(-c2ccc(C(C)C)cc2OC)nc2c(C)c(Br)cc(OC)c21. The van der Waals surface area contributed by atoms with Crippen molar-refractivity contribution >= 4 is 27.0 Å². The Bertz CT molecular complexity index is 976. The average molecular weight is 431 g/mol. The molecule has 0 N–H and O–H groups in total. The Balaban J connectivity index is 2.35. The third-order valence-electron chi connectivity index (χ3n) is 4.97. The number of aromatic nitrogens is 2. The van der Waals surface area contributed by atoms with Crippen molar-refractivity contribution in [3.8, 4) is 22.9 Å². The molecule has 4 nitrogen and oxygen atoms in total. The molecule has 2 aromatic carbocycles. The highest BCUT2D eigenvalue weighted by Crippen LogP contribution is 2.39. The summed E-state index contributed by atoms with van der Waals surface area (Å²) in [5, 5.41) is 0. The van der Waals surface area contributed by atoms with E-state index in [1.165, 1.54) is 5.56 Å². The number of hydrogen-bond acceptors (Lipinski definition) is 3. The van der Waals surface area contributed by atoms with Crippen LogP contribution < -0.4 is 9.47 Å². The van der Waals surface area contributed by atoms with Gasteiger partial charge in [0.2, 0.25) is 0 Å². The molecular formula is C22H27BrN2O2. The van der Waals surface area contributed by atoms with Gasteiger partial charge in [-0.25, -0.2) is 4.98 Å². The topological polar surface area (TPSA) is 36.3 Å². The first kappa shape index (κ1) is 19.7. The van der Waals surface area contributed by atoms with Crippen molar-refractivity contribution in [2.75, 3.05) is 14.2 Å². The van der Waals surface area contributed by atoms with Gasteiger partial charge in [-0.05, 0) is 48.6 Å². The van der Waals surface area contributed by atoms with E-state index in [9.17, 15) is 0 Å². The average Bonchev–Trinajstić information content (AvgIpc) is 3.04. The molecule has 0 saturated carbocycles. The standard InChI is InChI=1S/C22H27BrN2O2/c1-7-10-25-21-19(27-6)12-17(23)14(4)20(21)24-22(25)16-9-8-15(13(2)3)11-18(16)26-5/h8-9,11-13H,7,10H2,1-6H3. The number of rotatable bonds is 6. The minimum Gasteiger partial charge on any atom is -0.496 e. The Morgan fingerprint density at radius 1 is 1.11 bits per heavy atom. The van der Waals surface area contributed by atoms with E-state index >= 15 is 0 Å². The summed E-state index contributed by atoms with van der Waals surface area (Å²) in [6, 6.07) is 8.43. The Morgan fingerprint density at radius 2 is 1.81 bits per heavy atom. The molecule has 27 heavy (non-hydrogen) atoms. The van der Waals surface area contributed by atoms with Crippen LogP contribution in [0.4, 0.5) is 0 Å². The maximum atomic E-state index is 5.74. The van der Waals surface area contributed by atoms with E-state index in [0.29, 0.717) is 5.92 Å². The number of fused-ring (bicyclic) bond motifs is 1. The summed E-state index contributed by atoms with van der Waals surface area (Å²) in [5.41, 5.74) is 5.36. The first-order valence-corrected chi connectivity index (χ1v) is 10.1. The number of methoxy groups -OCH3 is 2. The number of benzene rings is 2. The van der Waals surface area contributed by atoms with Gasteiger partial charge in [0, 0.05) is 11.0 Å². The lowest BCUT2D eigenvalue weighted by Crippen LogP contribution is -2.03. The lowest BCUT2D eigenvalue weighted by atomic mass is 10.0. The zero-order valence-corrected chi connectivity index (χ0v) is 18.5. The van der Waals surface area contributed by atoms with Crippen LogP contribution in [-0.4, -0.2) is 23.8 Å². The highest BCUT2D eigenvalue weighted by Gasteiger charge is 2.21. The van der Waals surface area contributed by atoms with E-state index in [2.05, 4.69) is 66.4 Å². The quantitative estimate of drug-likeness (QED) is 0.458. The lowest BCUT2D eigenvalue weighted by molar-refractivity contribution is 0.414. The third kappa shape index (κ3) is 3.45. The van der Waals surface area contributed by atoms with Crippen LogP contribution >= 0.6 is 15.9 Å². The molecule has 0 aliphatic heterocycles. The molecule has 3 rings (SSSR count). The molecule has 0 amide bonds. The Hall–Kier alpha value is -2.01. The minimum atomic E-state index is 0.445. The fraction of sp³-hybridized carbons (Fsp3) is 0.409. The zero-order valence-electron chi connectivity index (χ0n) is 16.9. The van der Waals surface area contributed by atoms with Crippen LogP contribution in [0.1, 0.15) is 44.2 Å². The summed E-state index contributed by atoms with van der Waals surface area (Å²) in [6.07, 6.45) is 1.00. The predicted molar refractivity (Wildman–Crippen MR) is 115 cm³/mol. The van der Waals surface area contributed by atoms with Crippen LogP contribution in [0.2, 0.25) is 0 Å². The second-order valence-corrected chi connectivity index (χ2v) is 7.94. The van der Waals surface area contributed by atoms with E-state index < -0.39 is 0 Å². The monoisotopic (exact) mass is 430 g/mol. The number of nitrogens with zero attached hydrogens (tertiary/aromatic N) is 2. The smallest absolute Gasteiger partial charge is 0.145 e. The summed E-state index contributed by atoms with van der Waals surface area (Å²) in [4.78, 5) is 5.03. The van der Waals surface area contributed by atoms with E-state index in [1.807, 2.05) is 6.07 Å². The maximum Gasteiger partial charge on any atom is 0.145 e. The number of halogens is 1. The molecule has 144 valence electrons. The van der Waals surface area contributed by atoms with Crippen LogP contribution in [0, 0.1) is 6.92 Å². The van der Waals surface area contributed by atoms with E-state index in [-0.39, 0.29) is 0 Å². The maximum absolute atomic E-state index is 5.74. The van der Waals surface area contributed by atoms with Gasteiger partial charge in [-0.1, -0.05) is 42.8 Å². The van der Waals surface area contributed by atoms with Gasteiger partial charge in [-0.2, -0.15) is 0 Å². The summed E-state index contributed by atoms with van der Waals surface area (Å²) in [5.74, 6) is 3.04. The van der Waals surface area contributed by atoms with Gasteiger partial charge >= 0.3 is 0 Å². The molecule has 0 radical (unpaired) electrons. The van der Waals surface area contributed by atoms with Crippen molar-refractivity contribution in [2.45, 2.75) is 46.6 Å². The van der Waals surface area contributed by atoms with Crippen LogP contribution in [0.15, 0.2) is 28.7 Å². The summed E-state index contributed by atoms with van der Waals surface area (Å²) >= 11 is 3.64. The van der Waals surface area contributed by atoms with Crippen molar-refractivity contribution in [1.29, 1.82) is 0 Å². The summed E-state index contributed by atoms with van der Waals surface area (Å²) < 4.78 is 14.7. The molecule has 1 aromatic heterocycles. The van der Waals surface area contributed by atoms with Crippen LogP contribution in [0.5, 0.6) is 11.5 Å². The van der Waals surface area contributed by atoms with E-state index in [4.69, 9.17) is 14.5 Å². The fourth-order valence-electron chi connectivity index (χ4n) is 3.42. The van der Waals surface area contributed by atoms with Gasteiger partial charge in [-0.15, -0.1) is 0 Å². The predicted octanol–water partition coefficient (Wildman–Crippen LogP) is 6.32. The summed E-state index contributed by atoms with van der Waals surface area (Å²) in [6.45, 7) is 9.49. The van der Waals surface area contributed by atoms with Crippen LogP contribution in [0.25, 0.3) is 22.4 Å². The summed E-state index contributed by atoms with van der Waals surface area (Å²) in [7, 11) is 3.43. The molecule has 0 saturated heterocycles. The van der Waals surface area contributed by atoms with Gasteiger partial charge in [0.15, 0.2) is 0 Å². The van der Waals surface area contributed by atoms with E-state index in [0.717, 1.165) is 56.9 Å². The lowest BCUT2D eigenvalue weighted by Gasteiger charge is -2.15. The molecule has 0 bridgehead atoms. The first-order valence-electron chi connectivity index (χ1n) is 9.34. The van der Waals surface area contributed by atoms with Gasteiger partial charge in [0.25, 0.3) is 0 Å². The molecule has 0 aliphatic carbocycles. The van der Waals surface area contributed by atoms with Gasteiger partial charge in [0.05, 0.1) is 25.3 Å². The normalized spacial score (nSPS) is 11.4. The number of imidazole rings is 1. The zero-order chi connectivity index (χ0) is 19.7. The van der Waals surface area contributed by atoms with Crippen molar-refractivity contribution in [1.82, 2.24) is 9.55 Å². The van der Waals surface area contributed by atoms with Gasteiger partial charge in [0.1, 0.15) is 22.8 Å². The molecule has 5 heteroatoms. The highest BCUT2D eigenvalue weighted by molar-refractivity contribution is 9.10. The highest BCUT2D eigenvalue weighted by atomic mass is 79.9. The van der Waals surface area contributed by atoms with Gasteiger partial charge in [-0.3, -0.25) is 0 Å².